The van der Waals surface area contributed by atoms with Crippen LogP contribution in [0.4, 0.5) is 5.69 Å². The fraction of sp³-hybridized carbons (Fsp3) is 0.538. The number of hydrogen-bond acceptors (Lipinski definition) is 2. The summed E-state index contributed by atoms with van der Waals surface area (Å²) in [6.07, 6.45) is 4.60. The smallest absolute Gasteiger partial charge is 0.0637 e. The molecule has 1 aromatic rings. The molecule has 2 nitrogen and oxygen atoms in total. The molecule has 1 fully saturated rings. The molecule has 1 aromatic carbocycles. The molecule has 0 radical (unpaired) electrons. The van der Waals surface area contributed by atoms with Gasteiger partial charge >= 0.3 is 0 Å². The van der Waals surface area contributed by atoms with Gasteiger partial charge in [0.05, 0.1) is 10.7 Å². The Labute approximate surface area is 102 Å². The molecule has 0 aromatic heterocycles. The SMILES string of the molecule is Cc1ccc(Cl)c(NC2CCCC(N)C2)c1. The summed E-state index contributed by atoms with van der Waals surface area (Å²) in [7, 11) is 0. The van der Waals surface area contributed by atoms with Crippen LogP contribution in [0.3, 0.4) is 0 Å². The quantitative estimate of drug-likeness (QED) is 0.830. The molecule has 1 aliphatic carbocycles. The van der Waals surface area contributed by atoms with Gasteiger partial charge in [-0.3, -0.25) is 0 Å². The Hall–Kier alpha value is -0.730. The average Bonchev–Trinajstić information content (AvgIpc) is 2.24. The third-order valence-electron chi connectivity index (χ3n) is 3.20. The number of rotatable bonds is 2. The van der Waals surface area contributed by atoms with Crippen molar-refractivity contribution in [3.05, 3.63) is 28.8 Å². The van der Waals surface area contributed by atoms with Crippen molar-refractivity contribution in [2.45, 2.75) is 44.7 Å². The first-order chi connectivity index (χ1) is 7.65. The first kappa shape index (κ1) is 11.7. The van der Waals surface area contributed by atoms with Crippen LogP contribution in [0.25, 0.3) is 0 Å². The van der Waals surface area contributed by atoms with Crippen LogP contribution in [0.2, 0.25) is 5.02 Å². The predicted molar refractivity (Wildman–Crippen MR) is 70.0 cm³/mol. The maximum absolute atomic E-state index is 6.16. The van der Waals surface area contributed by atoms with Gasteiger partial charge in [-0.2, -0.15) is 0 Å². The van der Waals surface area contributed by atoms with Crippen LogP contribution >= 0.6 is 11.6 Å². The largest absolute Gasteiger partial charge is 0.381 e. The van der Waals surface area contributed by atoms with Crippen LogP contribution in [0.1, 0.15) is 31.2 Å². The highest BCUT2D eigenvalue weighted by molar-refractivity contribution is 6.33. The lowest BCUT2D eigenvalue weighted by Crippen LogP contribution is -2.34. The second-order valence-corrected chi connectivity index (χ2v) is 5.16. The second-order valence-electron chi connectivity index (χ2n) is 4.75. The van der Waals surface area contributed by atoms with Crippen molar-refractivity contribution in [1.29, 1.82) is 0 Å². The Kier molecular flexibility index (Phi) is 3.72. The zero-order valence-corrected chi connectivity index (χ0v) is 10.4. The zero-order chi connectivity index (χ0) is 11.5. The van der Waals surface area contributed by atoms with Gasteiger partial charge in [0.1, 0.15) is 0 Å². The van der Waals surface area contributed by atoms with Gasteiger partial charge in [-0.15, -0.1) is 0 Å². The van der Waals surface area contributed by atoms with Crippen molar-refractivity contribution in [3.8, 4) is 0 Å². The highest BCUT2D eigenvalue weighted by atomic mass is 35.5. The number of halogens is 1. The van der Waals surface area contributed by atoms with E-state index in [4.69, 9.17) is 17.3 Å². The van der Waals surface area contributed by atoms with E-state index < -0.39 is 0 Å². The molecule has 0 aliphatic heterocycles. The highest BCUT2D eigenvalue weighted by Crippen LogP contribution is 2.27. The van der Waals surface area contributed by atoms with E-state index in [9.17, 15) is 0 Å². The number of anilines is 1. The van der Waals surface area contributed by atoms with Gasteiger partial charge in [-0.25, -0.2) is 0 Å². The molecular weight excluding hydrogens is 220 g/mol. The van der Waals surface area contributed by atoms with Crippen molar-refractivity contribution in [2.75, 3.05) is 5.32 Å². The Bertz CT molecular complexity index is 365. The summed E-state index contributed by atoms with van der Waals surface area (Å²) in [5.41, 5.74) is 8.24. The van der Waals surface area contributed by atoms with Crippen molar-refractivity contribution in [2.24, 2.45) is 5.73 Å². The minimum Gasteiger partial charge on any atom is -0.381 e. The molecule has 0 amide bonds. The minimum atomic E-state index is 0.342. The molecule has 2 rings (SSSR count). The molecular formula is C13H19ClN2. The van der Waals surface area contributed by atoms with Gasteiger partial charge in [0.2, 0.25) is 0 Å². The number of benzene rings is 1. The Balaban J connectivity index is 2.05. The monoisotopic (exact) mass is 238 g/mol. The first-order valence-electron chi connectivity index (χ1n) is 5.93. The van der Waals surface area contributed by atoms with Crippen LogP contribution in [-0.4, -0.2) is 12.1 Å². The molecule has 16 heavy (non-hydrogen) atoms. The van der Waals surface area contributed by atoms with E-state index in [0.717, 1.165) is 23.6 Å². The third kappa shape index (κ3) is 2.89. The Morgan fingerprint density at radius 1 is 1.38 bits per heavy atom. The summed E-state index contributed by atoms with van der Waals surface area (Å²) in [6, 6.07) is 6.89. The zero-order valence-electron chi connectivity index (χ0n) is 9.67. The number of nitrogens with two attached hydrogens (primary N) is 1. The fourth-order valence-electron chi connectivity index (χ4n) is 2.33. The summed E-state index contributed by atoms with van der Waals surface area (Å²) in [4.78, 5) is 0. The van der Waals surface area contributed by atoms with Gasteiger partial charge in [0.15, 0.2) is 0 Å². The predicted octanol–water partition coefficient (Wildman–Crippen LogP) is 3.33. The lowest BCUT2D eigenvalue weighted by molar-refractivity contribution is 0.409. The van der Waals surface area contributed by atoms with Gasteiger partial charge in [-0.05, 0) is 50.3 Å². The third-order valence-corrected chi connectivity index (χ3v) is 3.53. The summed E-state index contributed by atoms with van der Waals surface area (Å²) in [5, 5.41) is 4.30. The van der Waals surface area contributed by atoms with E-state index in [1.54, 1.807) is 0 Å². The maximum Gasteiger partial charge on any atom is 0.0637 e. The maximum atomic E-state index is 6.16. The molecule has 2 atom stereocenters. The average molecular weight is 239 g/mol. The molecule has 88 valence electrons. The van der Waals surface area contributed by atoms with Crippen LogP contribution in [-0.2, 0) is 0 Å². The summed E-state index contributed by atoms with van der Waals surface area (Å²) in [5.74, 6) is 0. The standard InChI is InChI=1S/C13H19ClN2/c1-9-5-6-12(14)13(7-9)16-11-4-2-3-10(15)8-11/h5-7,10-11,16H,2-4,8,15H2,1H3. The Morgan fingerprint density at radius 3 is 2.94 bits per heavy atom. The van der Waals surface area contributed by atoms with Crippen LogP contribution in [0, 0.1) is 6.92 Å². The highest BCUT2D eigenvalue weighted by Gasteiger charge is 2.19. The fourth-order valence-corrected chi connectivity index (χ4v) is 2.50. The van der Waals surface area contributed by atoms with Crippen molar-refractivity contribution in [3.63, 3.8) is 0 Å². The van der Waals surface area contributed by atoms with Crippen LogP contribution in [0.15, 0.2) is 18.2 Å². The van der Waals surface area contributed by atoms with E-state index in [-0.39, 0.29) is 0 Å². The van der Waals surface area contributed by atoms with Gasteiger partial charge in [0, 0.05) is 12.1 Å². The lowest BCUT2D eigenvalue weighted by atomic mass is 9.91. The Morgan fingerprint density at radius 2 is 2.19 bits per heavy atom. The molecule has 0 spiro atoms. The van der Waals surface area contributed by atoms with Gasteiger partial charge in [0.25, 0.3) is 0 Å². The van der Waals surface area contributed by atoms with E-state index in [1.165, 1.54) is 18.4 Å². The van der Waals surface area contributed by atoms with E-state index in [2.05, 4.69) is 18.3 Å². The van der Waals surface area contributed by atoms with E-state index in [0.29, 0.717) is 12.1 Å². The molecule has 1 saturated carbocycles. The van der Waals surface area contributed by atoms with Gasteiger partial charge in [-0.1, -0.05) is 17.7 Å². The molecule has 0 saturated heterocycles. The molecule has 3 heteroatoms. The topological polar surface area (TPSA) is 38.0 Å². The van der Waals surface area contributed by atoms with Crippen LogP contribution < -0.4 is 11.1 Å². The van der Waals surface area contributed by atoms with Crippen molar-refractivity contribution < 1.29 is 0 Å². The minimum absolute atomic E-state index is 0.342. The first-order valence-corrected chi connectivity index (χ1v) is 6.31. The van der Waals surface area contributed by atoms with E-state index in [1.807, 2.05) is 12.1 Å². The van der Waals surface area contributed by atoms with Gasteiger partial charge < -0.3 is 11.1 Å². The summed E-state index contributed by atoms with van der Waals surface area (Å²) < 4.78 is 0. The summed E-state index contributed by atoms with van der Waals surface area (Å²) >= 11 is 6.16. The second kappa shape index (κ2) is 5.07. The molecule has 2 unspecified atom stereocenters. The lowest BCUT2D eigenvalue weighted by Gasteiger charge is -2.28. The van der Waals surface area contributed by atoms with Crippen molar-refractivity contribution in [1.82, 2.24) is 0 Å². The molecule has 3 N–H and O–H groups in total. The molecule has 1 aliphatic rings. The van der Waals surface area contributed by atoms with E-state index >= 15 is 0 Å². The number of nitrogens with one attached hydrogen (secondary N) is 1. The molecule has 0 bridgehead atoms. The van der Waals surface area contributed by atoms with Crippen LogP contribution in [0.5, 0.6) is 0 Å². The number of hydrogen-bond donors (Lipinski definition) is 2. The molecule has 0 heterocycles. The van der Waals surface area contributed by atoms with Crippen molar-refractivity contribution >= 4 is 17.3 Å². The number of aryl methyl sites for hydroxylation is 1. The summed E-state index contributed by atoms with van der Waals surface area (Å²) in [6.45, 7) is 2.08. The normalized spacial score (nSPS) is 25.4.